The van der Waals surface area contributed by atoms with Gasteiger partial charge in [-0.05, 0) is 24.6 Å². The molecule has 0 aliphatic rings. The number of esters is 1. The zero-order chi connectivity index (χ0) is 13.7. The summed E-state index contributed by atoms with van der Waals surface area (Å²) < 4.78 is 4.96. The number of nitrogens with one attached hydrogen (secondary N) is 1. The van der Waals surface area contributed by atoms with E-state index in [0.29, 0.717) is 17.5 Å². The second kappa shape index (κ2) is 6.29. The summed E-state index contributed by atoms with van der Waals surface area (Å²) in [6, 6.07) is 7.23. The molecule has 0 bridgehead atoms. The molecule has 0 amide bonds. The van der Waals surface area contributed by atoms with E-state index in [1.165, 1.54) is 0 Å². The van der Waals surface area contributed by atoms with Gasteiger partial charge >= 0.3 is 5.97 Å². The fraction of sp³-hybridized carbons (Fsp3) is 0.333. The lowest BCUT2D eigenvalue weighted by Gasteiger charge is -2.13. The van der Waals surface area contributed by atoms with Crippen molar-refractivity contribution in [1.29, 1.82) is 0 Å². The minimum Gasteiger partial charge on any atom is -0.466 e. The number of aromatic amines is 1. The van der Waals surface area contributed by atoms with Crippen molar-refractivity contribution in [3.63, 3.8) is 0 Å². The number of aromatic nitrogens is 4. The molecule has 1 N–H and O–H groups in total. The third-order valence-electron chi connectivity index (χ3n) is 2.60. The molecule has 1 heterocycles. The standard InChI is InChI=1S/C12H13ClN4O2/c1-2-19-11(18)7-10(12-14-16-17-15-12)8-4-3-5-9(13)6-8/h3-6,10H,2,7H2,1H3,(H,14,15,16,17)/t10-/m1/s1. The van der Waals surface area contributed by atoms with E-state index in [2.05, 4.69) is 20.6 Å². The van der Waals surface area contributed by atoms with Gasteiger partial charge in [-0.2, -0.15) is 5.21 Å². The van der Waals surface area contributed by atoms with E-state index in [1.54, 1.807) is 19.1 Å². The van der Waals surface area contributed by atoms with Gasteiger partial charge in [-0.25, -0.2) is 0 Å². The molecule has 0 radical (unpaired) electrons. The number of halogens is 1. The van der Waals surface area contributed by atoms with Crippen molar-refractivity contribution in [2.24, 2.45) is 0 Å². The topological polar surface area (TPSA) is 80.8 Å². The van der Waals surface area contributed by atoms with Crippen LogP contribution >= 0.6 is 11.6 Å². The Kier molecular flexibility index (Phi) is 4.46. The highest BCUT2D eigenvalue weighted by molar-refractivity contribution is 6.30. The van der Waals surface area contributed by atoms with Crippen molar-refractivity contribution in [2.75, 3.05) is 6.61 Å². The fourth-order valence-corrected chi connectivity index (χ4v) is 1.98. The lowest BCUT2D eigenvalue weighted by atomic mass is 9.95. The van der Waals surface area contributed by atoms with Crippen LogP contribution in [0.25, 0.3) is 0 Å². The molecule has 0 saturated carbocycles. The van der Waals surface area contributed by atoms with Gasteiger partial charge in [0.1, 0.15) is 0 Å². The first kappa shape index (κ1) is 13.5. The SMILES string of the molecule is CCOC(=O)C[C@H](c1cccc(Cl)c1)c1nn[nH]n1. The van der Waals surface area contributed by atoms with E-state index in [1.807, 2.05) is 12.1 Å². The predicted octanol–water partition coefficient (Wildman–Crippen LogP) is 1.94. The normalized spacial score (nSPS) is 12.1. The molecule has 1 aromatic heterocycles. The van der Waals surface area contributed by atoms with Gasteiger partial charge in [-0.3, -0.25) is 4.79 Å². The highest BCUT2D eigenvalue weighted by atomic mass is 35.5. The van der Waals surface area contributed by atoms with Crippen LogP contribution in [0, 0.1) is 0 Å². The molecular formula is C12H13ClN4O2. The van der Waals surface area contributed by atoms with E-state index in [0.717, 1.165) is 5.56 Å². The molecule has 0 aliphatic carbocycles. The summed E-state index contributed by atoms with van der Waals surface area (Å²) in [4.78, 5) is 11.7. The van der Waals surface area contributed by atoms with E-state index in [9.17, 15) is 4.79 Å². The van der Waals surface area contributed by atoms with Gasteiger partial charge in [0.2, 0.25) is 0 Å². The molecule has 100 valence electrons. The minimum atomic E-state index is -0.323. The second-order valence-electron chi connectivity index (χ2n) is 3.89. The van der Waals surface area contributed by atoms with Gasteiger partial charge in [0.25, 0.3) is 0 Å². The van der Waals surface area contributed by atoms with Gasteiger partial charge in [-0.15, -0.1) is 10.2 Å². The number of tetrazole rings is 1. The number of nitrogens with zero attached hydrogens (tertiary/aromatic N) is 3. The Bertz CT molecular complexity index is 544. The largest absolute Gasteiger partial charge is 0.466 e. The zero-order valence-electron chi connectivity index (χ0n) is 10.3. The fourth-order valence-electron chi connectivity index (χ4n) is 1.79. The first-order valence-electron chi connectivity index (χ1n) is 5.85. The number of carbonyl (C=O) groups is 1. The van der Waals surface area contributed by atoms with Crippen LogP contribution in [0.3, 0.4) is 0 Å². The summed E-state index contributed by atoms with van der Waals surface area (Å²) >= 11 is 5.97. The van der Waals surface area contributed by atoms with Crippen LogP contribution in [0.2, 0.25) is 5.02 Å². The number of rotatable bonds is 5. The Labute approximate surface area is 115 Å². The molecule has 6 nitrogen and oxygen atoms in total. The smallest absolute Gasteiger partial charge is 0.306 e. The van der Waals surface area contributed by atoms with Crippen molar-refractivity contribution in [1.82, 2.24) is 20.6 Å². The van der Waals surface area contributed by atoms with Crippen LogP contribution in [0.5, 0.6) is 0 Å². The van der Waals surface area contributed by atoms with Crippen LogP contribution in [-0.2, 0) is 9.53 Å². The lowest BCUT2D eigenvalue weighted by molar-refractivity contribution is -0.143. The molecule has 0 fully saturated rings. The third kappa shape index (κ3) is 3.51. The molecule has 2 aromatic rings. The van der Waals surface area contributed by atoms with Gasteiger partial charge < -0.3 is 4.74 Å². The molecule has 19 heavy (non-hydrogen) atoms. The maximum atomic E-state index is 11.7. The monoisotopic (exact) mass is 280 g/mol. The predicted molar refractivity (Wildman–Crippen MR) is 68.7 cm³/mol. The number of carbonyl (C=O) groups excluding carboxylic acids is 1. The highest BCUT2D eigenvalue weighted by Gasteiger charge is 2.23. The van der Waals surface area contributed by atoms with Gasteiger partial charge in [0, 0.05) is 5.02 Å². The van der Waals surface area contributed by atoms with Gasteiger partial charge in [-0.1, -0.05) is 28.9 Å². The Hall–Kier alpha value is -1.95. The molecule has 2 rings (SSSR count). The van der Waals surface area contributed by atoms with Crippen molar-refractivity contribution in [3.8, 4) is 0 Å². The quantitative estimate of drug-likeness (QED) is 0.847. The first-order valence-corrected chi connectivity index (χ1v) is 6.23. The van der Waals surface area contributed by atoms with E-state index in [4.69, 9.17) is 16.3 Å². The number of ether oxygens (including phenoxy) is 1. The van der Waals surface area contributed by atoms with Crippen LogP contribution in [0.1, 0.15) is 30.7 Å². The van der Waals surface area contributed by atoms with Crippen LogP contribution in [0.15, 0.2) is 24.3 Å². The van der Waals surface area contributed by atoms with E-state index in [-0.39, 0.29) is 18.3 Å². The van der Waals surface area contributed by atoms with Crippen LogP contribution < -0.4 is 0 Å². The number of benzene rings is 1. The van der Waals surface area contributed by atoms with Crippen LogP contribution in [-0.4, -0.2) is 33.2 Å². The first-order chi connectivity index (χ1) is 9.20. The summed E-state index contributed by atoms with van der Waals surface area (Å²) in [6.07, 6.45) is 0.147. The van der Waals surface area contributed by atoms with Crippen molar-refractivity contribution in [2.45, 2.75) is 19.3 Å². The minimum absolute atomic E-state index is 0.147. The molecule has 0 aliphatic heterocycles. The Morgan fingerprint density at radius 2 is 2.37 bits per heavy atom. The number of H-pyrrole nitrogens is 1. The molecular weight excluding hydrogens is 268 g/mol. The maximum absolute atomic E-state index is 11.7. The Morgan fingerprint density at radius 1 is 1.53 bits per heavy atom. The summed E-state index contributed by atoms with van der Waals surface area (Å²) in [5.74, 6) is -0.191. The maximum Gasteiger partial charge on any atom is 0.306 e. The molecule has 0 unspecified atom stereocenters. The Balaban J connectivity index is 2.27. The second-order valence-corrected chi connectivity index (χ2v) is 4.32. The zero-order valence-corrected chi connectivity index (χ0v) is 11.1. The van der Waals surface area contributed by atoms with Gasteiger partial charge in [0.15, 0.2) is 5.82 Å². The molecule has 1 aromatic carbocycles. The highest BCUT2D eigenvalue weighted by Crippen LogP contribution is 2.27. The van der Waals surface area contributed by atoms with E-state index < -0.39 is 0 Å². The molecule has 7 heteroatoms. The molecule has 0 saturated heterocycles. The van der Waals surface area contributed by atoms with E-state index >= 15 is 0 Å². The summed E-state index contributed by atoms with van der Waals surface area (Å²) in [5, 5.41) is 14.4. The lowest BCUT2D eigenvalue weighted by Crippen LogP contribution is -2.13. The van der Waals surface area contributed by atoms with Crippen LogP contribution in [0.4, 0.5) is 0 Å². The summed E-state index contributed by atoms with van der Waals surface area (Å²) in [6.45, 7) is 2.11. The third-order valence-corrected chi connectivity index (χ3v) is 2.84. The number of hydrogen-bond acceptors (Lipinski definition) is 5. The summed E-state index contributed by atoms with van der Waals surface area (Å²) in [5.41, 5.74) is 0.849. The van der Waals surface area contributed by atoms with Crippen molar-refractivity contribution < 1.29 is 9.53 Å². The molecule has 1 atom stereocenters. The average molecular weight is 281 g/mol. The van der Waals surface area contributed by atoms with Crippen molar-refractivity contribution in [3.05, 3.63) is 40.7 Å². The van der Waals surface area contributed by atoms with Gasteiger partial charge in [0.05, 0.1) is 18.9 Å². The average Bonchev–Trinajstić information content (AvgIpc) is 2.90. The van der Waals surface area contributed by atoms with Crippen molar-refractivity contribution >= 4 is 17.6 Å². The number of hydrogen-bond donors (Lipinski definition) is 1. The molecule has 0 spiro atoms. The Morgan fingerprint density at radius 3 is 3.00 bits per heavy atom. The summed E-state index contributed by atoms with van der Waals surface area (Å²) in [7, 11) is 0.